The largest absolute Gasteiger partial charge is 0.310 e. The molecule has 10 aromatic carbocycles. The Morgan fingerprint density at radius 1 is 0.246 bits per heavy atom. The maximum atomic E-state index is 5.01. The van der Waals surface area contributed by atoms with Crippen LogP contribution in [0.15, 0.2) is 231 Å². The Kier molecular flexibility index (Phi) is 7.97. The Morgan fingerprint density at radius 3 is 0.986 bits per heavy atom. The summed E-state index contributed by atoms with van der Waals surface area (Å²) in [5, 5.41) is 9.94. The predicted molar refractivity (Wildman–Crippen MR) is 286 cm³/mol. The minimum Gasteiger partial charge on any atom is -0.310 e. The van der Waals surface area contributed by atoms with Crippen molar-refractivity contribution in [3.63, 3.8) is 0 Å². The van der Waals surface area contributed by atoms with E-state index in [9.17, 15) is 0 Å². The summed E-state index contributed by atoms with van der Waals surface area (Å²) in [5.74, 6) is 1.92. The fraction of sp³-hybridized carbons (Fsp3) is 0. The highest BCUT2D eigenvalue weighted by Crippen LogP contribution is 2.48. The van der Waals surface area contributed by atoms with E-state index in [1.807, 2.05) is 60.7 Å². The summed E-state index contributed by atoms with van der Waals surface area (Å²) in [5.41, 5.74) is 15.7. The van der Waals surface area contributed by atoms with Gasteiger partial charge in [0.25, 0.3) is 0 Å². The number of aromatic nitrogens is 5. The highest BCUT2D eigenvalue weighted by molar-refractivity contribution is 6.26. The van der Waals surface area contributed by atoms with Crippen molar-refractivity contribution >= 4 is 93.3 Å². The van der Waals surface area contributed by atoms with Crippen LogP contribution in [0.3, 0.4) is 0 Å². The SMILES string of the molecule is c1ccc(-c2nc(-c3ccccc3)nc(-c3ccc(-c4cccc(N(c5cc6c7ccccc7n7c8ccccc8c(c5)c67)c5cc6c7ccccc7n7c8ccccc8c(c5)c67)c4)cc3)n2)cc1. The lowest BCUT2D eigenvalue weighted by molar-refractivity contribution is 1.07. The molecular weight excluding hydrogens is 841 g/mol. The van der Waals surface area contributed by atoms with Gasteiger partial charge in [-0.3, -0.25) is 0 Å². The van der Waals surface area contributed by atoms with Gasteiger partial charge in [-0.2, -0.15) is 0 Å². The molecule has 15 rings (SSSR count). The molecule has 69 heavy (non-hydrogen) atoms. The monoisotopic (exact) mass is 878 g/mol. The molecule has 5 heterocycles. The first-order valence-electron chi connectivity index (χ1n) is 23.4. The molecule has 0 saturated carbocycles. The van der Waals surface area contributed by atoms with E-state index in [1.54, 1.807) is 0 Å². The maximum Gasteiger partial charge on any atom is 0.164 e. The standard InChI is InChI=1S/C63H38N6/c1-3-16-40(17-4-1)61-64-62(41-18-5-2-6-19-41)66-63(65-61)42-32-30-39(31-33-42)43-20-15-21-44(34-43)67(45-35-51-47-22-7-11-26-55(47)68-56-27-12-8-23-48(56)52(36-45)59(51)68)46-37-53-49-24-9-13-28-57(49)69-58-29-14-10-25-50(58)54(38-46)60(53)69/h1-38H. The first-order valence-corrected chi connectivity index (χ1v) is 23.4. The van der Waals surface area contributed by atoms with Crippen molar-refractivity contribution in [2.24, 2.45) is 0 Å². The van der Waals surface area contributed by atoms with E-state index in [-0.39, 0.29) is 0 Å². The van der Waals surface area contributed by atoms with E-state index in [0.29, 0.717) is 17.5 Å². The number of hydrogen-bond donors (Lipinski definition) is 0. The second-order valence-corrected chi connectivity index (χ2v) is 18.0. The lowest BCUT2D eigenvalue weighted by atomic mass is 10.0. The van der Waals surface area contributed by atoms with Gasteiger partial charge in [0.15, 0.2) is 17.5 Å². The molecule has 0 atom stereocenters. The third kappa shape index (κ3) is 5.63. The van der Waals surface area contributed by atoms with Crippen LogP contribution in [0, 0.1) is 0 Å². The van der Waals surface area contributed by atoms with Gasteiger partial charge in [0.1, 0.15) is 0 Å². The molecule has 0 aliphatic carbocycles. The van der Waals surface area contributed by atoms with Gasteiger partial charge in [-0.1, -0.05) is 170 Å². The molecule has 15 aromatic rings. The molecule has 0 fully saturated rings. The number of fused-ring (bicyclic) bond motifs is 12. The molecule has 0 amide bonds. The van der Waals surface area contributed by atoms with Crippen molar-refractivity contribution in [2.75, 3.05) is 4.90 Å². The molecule has 6 heteroatoms. The number of benzene rings is 10. The zero-order valence-electron chi connectivity index (χ0n) is 37.1. The van der Waals surface area contributed by atoms with E-state index in [0.717, 1.165) is 44.9 Å². The Bertz CT molecular complexity index is 4070. The smallest absolute Gasteiger partial charge is 0.164 e. The second-order valence-electron chi connectivity index (χ2n) is 18.0. The lowest BCUT2D eigenvalue weighted by Crippen LogP contribution is -2.10. The van der Waals surface area contributed by atoms with Gasteiger partial charge >= 0.3 is 0 Å². The number of para-hydroxylation sites is 4. The molecule has 6 nitrogen and oxygen atoms in total. The molecular formula is C63H38N6. The zero-order chi connectivity index (χ0) is 45.2. The van der Waals surface area contributed by atoms with E-state index in [2.05, 4.69) is 184 Å². The van der Waals surface area contributed by atoms with Crippen LogP contribution in [0.25, 0.3) is 121 Å². The molecule has 0 saturated heterocycles. The zero-order valence-corrected chi connectivity index (χ0v) is 37.1. The summed E-state index contributed by atoms with van der Waals surface area (Å²) in [6, 6.07) is 82.8. The molecule has 0 bridgehead atoms. The minimum atomic E-state index is 0.632. The summed E-state index contributed by atoms with van der Waals surface area (Å²) in [4.78, 5) is 17.4. The average Bonchev–Trinajstić information content (AvgIpc) is 4.15. The van der Waals surface area contributed by atoms with Crippen molar-refractivity contribution in [3.05, 3.63) is 231 Å². The maximum absolute atomic E-state index is 5.01. The van der Waals surface area contributed by atoms with E-state index >= 15 is 0 Å². The number of hydrogen-bond acceptors (Lipinski definition) is 4. The van der Waals surface area contributed by atoms with Gasteiger partial charge in [0.05, 0.1) is 33.1 Å². The third-order valence-electron chi connectivity index (χ3n) is 14.2. The van der Waals surface area contributed by atoms with Gasteiger partial charge in [0, 0.05) is 76.8 Å². The van der Waals surface area contributed by atoms with E-state index in [4.69, 9.17) is 15.0 Å². The third-order valence-corrected chi connectivity index (χ3v) is 14.2. The van der Waals surface area contributed by atoms with Crippen molar-refractivity contribution in [1.82, 2.24) is 23.8 Å². The van der Waals surface area contributed by atoms with Gasteiger partial charge in [-0.15, -0.1) is 0 Å². The number of anilines is 3. The van der Waals surface area contributed by atoms with Crippen LogP contribution < -0.4 is 4.90 Å². The van der Waals surface area contributed by atoms with Crippen LogP contribution in [0.4, 0.5) is 17.1 Å². The Balaban J connectivity index is 0.932. The van der Waals surface area contributed by atoms with E-state index < -0.39 is 0 Å². The quantitative estimate of drug-likeness (QED) is 0.160. The predicted octanol–water partition coefficient (Wildman–Crippen LogP) is 16.3. The number of rotatable bonds is 7. The van der Waals surface area contributed by atoms with Crippen LogP contribution in [-0.4, -0.2) is 23.8 Å². The molecule has 0 aliphatic rings. The molecule has 320 valence electrons. The summed E-state index contributed by atoms with van der Waals surface area (Å²) < 4.78 is 4.91. The fourth-order valence-electron chi connectivity index (χ4n) is 11.1. The summed E-state index contributed by atoms with van der Waals surface area (Å²) >= 11 is 0. The normalized spacial score (nSPS) is 12.1. The van der Waals surface area contributed by atoms with Crippen LogP contribution >= 0.6 is 0 Å². The molecule has 0 unspecified atom stereocenters. The Hall–Kier alpha value is -9.39. The van der Waals surface area contributed by atoms with Gasteiger partial charge < -0.3 is 13.7 Å². The first kappa shape index (κ1) is 37.8. The fourth-order valence-corrected chi connectivity index (χ4v) is 11.1. The van der Waals surface area contributed by atoms with Crippen molar-refractivity contribution in [3.8, 4) is 45.3 Å². The van der Waals surface area contributed by atoms with Crippen molar-refractivity contribution in [1.29, 1.82) is 0 Å². The summed E-state index contributed by atoms with van der Waals surface area (Å²) in [7, 11) is 0. The minimum absolute atomic E-state index is 0.632. The highest BCUT2D eigenvalue weighted by atomic mass is 15.1. The van der Waals surface area contributed by atoms with Gasteiger partial charge in [-0.05, 0) is 71.8 Å². The highest BCUT2D eigenvalue weighted by Gasteiger charge is 2.25. The Labute approximate surface area is 395 Å². The molecule has 5 aromatic heterocycles. The number of nitrogens with zero attached hydrogens (tertiary/aromatic N) is 6. The first-order chi connectivity index (χ1) is 34.2. The van der Waals surface area contributed by atoms with Crippen molar-refractivity contribution in [2.45, 2.75) is 0 Å². The van der Waals surface area contributed by atoms with Crippen LogP contribution in [-0.2, 0) is 0 Å². The topological polar surface area (TPSA) is 50.7 Å². The average molecular weight is 879 g/mol. The molecule has 0 radical (unpaired) electrons. The van der Waals surface area contributed by atoms with Crippen LogP contribution in [0.2, 0.25) is 0 Å². The Morgan fingerprint density at radius 2 is 0.580 bits per heavy atom. The second kappa shape index (κ2) is 14.6. The van der Waals surface area contributed by atoms with Crippen LogP contribution in [0.5, 0.6) is 0 Å². The van der Waals surface area contributed by atoms with E-state index in [1.165, 1.54) is 76.2 Å². The summed E-state index contributed by atoms with van der Waals surface area (Å²) in [6.45, 7) is 0. The molecule has 0 N–H and O–H groups in total. The summed E-state index contributed by atoms with van der Waals surface area (Å²) in [6.07, 6.45) is 0. The lowest BCUT2D eigenvalue weighted by Gasteiger charge is -2.27. The molecule has 0 spiro atoms. The van der Waals surface area contributed by atoms with Crippen LogP contribution in [0.1, 0.15) is 0 Å². The van der Waals surface area contributed by atoms with Crippen molar-refractivity contribution < 1.29 is 0 Å². The van der Waals surface area contributed by atoms with Gasteiger partial charge in [0.2, 0.25) is 0 Å². The van der Waals surface area contributed by atoms with Gasteiger partial charge in [-0.25, -0.2) is 15.0 Å². The molecule has 0 aliphatic heterocycles.